The van der Waals surface area contributed by atoms with Gasteiger partial charge in [0.1, 0.15) is 11.4 Å². The van der Waals surface area contributed by atoms with E-state index in [1.807, 2.05) is 30.3 Å². The highest BCUT2D eigenvalue weighted by molar-refractivity contribution is 5.77. The van der Waals surface area contributed by atoms with Gasteiger partial charge >= 0.3 is 0 Å². The first-order valence-electron chi connectivity index (χ1n) is 5.43. The van der Waals surface area contributed by atoms with Gasteiger partial charge in [0.2, 0.25) is 5.95 Å². The van der Waals surface area contributed by atoms with E-state index in [9.17, 15) is 4.39 Å². The van der Waals surface area contributed by atoms with Gasteiger partial charge in [0.25, 0.3) is 0 Å². The molecule has 0 aliphatic heterocycles. The number of halogens is 1. The molecule has 0 unspecified atom stereocenters. The second-order valence-corrected chi connectivity index (χ2v) is 3.73. The van der Waals surface area contributed by atoms with Gasteiger partial charge in [-0.15, -0.1) is 0 Å². The first kappa shape index (κ1) is 10.6. The van der Waals surface area contributed by atoms with E-state index in [-0.39, 0.29) is 0 Å². The standard InChI is InChI=1S/C13H9FN4/c14-13-10(7-4-8-15-13)12-11(16-18-17-12)9-5-2-1-3-6-9/h1-8H,(H,16,17,18). The van der Waals surface area contributed by atoms with Crippen LogP contribution in [0.5, 0.6) is 0 Å². The number of nitrogens with zero attached hydrogens (tertiary/aromatic N) is 3. The molecule has 0 bridgehead atoms. The number of hydrogen-bond donors (Lipinski definition) is 1. The maximum absolute atomic E-state index is 13.7. The maximum atomic E-state index is 13.7. The summed E-state index contributed by atoms with van der Waals surface area (Å²) in [5.41, 5.74) is 2.30. The molecule has 0 aliphatic carbocycles. The summed E-state index contributed by atoms with van der Waals surface area (Å²) in [5, 5.41) is 10.6. The predicted molar refractivity (Wildman–Crippen MR) is 65.0 cm³/mol. The molecular weight excluding hydrogens is 231 g/mol. The third-order valence-electron chi connectivity index (χ3n) is 2.61. The lowest BCUT2D eigenvalue weighted by Crippen LogP contribution is -1.90. The average molecular weight is 240 g/mol. The highest BCUT2D eigenvalue weighted by Gasteiger charge is 2.15. The van der Waals surface area contributed by atoms with E-state index >= 15 is 0 Å². The molecule has 3 aromatic rings. The van der Waals surface area contributed by atoms with Gasteiger partial charge in [-0.3, -0.25) is 0 Å². The van der Waals surface area contributed by atoms with Crippen LogP contribution in [0.25, 0.3) is 22.5 Å². The normalized spacial score (nSPS) is 10.5. The van der Waals surface area contributed by atoms with Crippen molar-refractivity contribution in [2.75, 3.05) is 0 Å². The minimum atomic E-state index is -0.552. The van der Waals surface area contributed by atoms with E-state index in [1.54, 1.807) is 12.1 Å². The van der Waals surface area contributed by atoms with Crippen LogP contribution in [-0.4, -0.2) is 20.4 Å². The summed E-state index contributed by atoms with van der Waals surface area (Å²) in [6, 6.07) is 12.8. The molecule has 1 N–H and O–H groups in total. The van der Waals surface area contributed by atoms with Crippen molar-refractivity contribution in [1.29, 1.82) is 0 Å². The van der Waals surface area contributed by atoms with Gasteiger partial charge in [-0.2, -0.15) is 19.8 Å². The van der Waals surface area contributed by atoms with Crippen molar-refractivity contribution in [3.05, 3.63) is 54.6 Å². The van der Waals surface area contributed by atoms with E-state index < -0.39 is 5.95 Å². The van der Waals surface area contributed by atoms with Crippen molar-refractivity contribution in [3.8, 4) is 22.5 Å². The summed E-state index contributed by atoms with van der Waals surface area (Å²) in [5.74, 6) is -0.552. The number of benzene rings is 1. The monoisotopic (exact) mass is 240 g/mol. The lowest BCUT2D eigenvalue weighted by Gasteiger charge is -2.01. The van der Waals surface area contributed by atoms with Crippen LogP contribution in [0.1, 0.15) is 0 Å². The van der Waals surface area contributed by atoms with Crippen LogP contribution in [-0.2, 0) is 0 Å². The Morgan fingerprint density at radius 2 is 1.67 bits per heavy atom. The number of aromatic amines is 1. The predicted octanol–water partition coefficient (Wildman–Crippen LogP) is 2.67. The number of rotatable bonds is 2. The van der Waals surface area contributed by atoms with Crippen molar-refractivity contribution in [2.24, 2.45) is 0 Å². The van der Waals surface area contributed by atoms with E-state index in [1.165, 1.54) is 6.20 Å². The highest BCUT2D eigenvalue weighted by atomic mass is 19.1. The Morgan fingerprint density at radius 3 is 2.44 bits per heavy atom. The molecule has 2 heterocycles. The summed E-state index contributed by atoms with van der Waals surface area (Å²) >= 11 is 0. The maximum Gasteiger partial charge on any atom is 0.222 e. The minimum absolute atomic E-state index is 0.338. The number of nitrogens with one attached hydrogen (secondary N) is 1. The third kappa shape index (κ3) is 1.75. The van der Waals surface area contributed by atoms with Crippen molar-refractivity contribution in [3.63, 3.8) is 0 Å². The largest absolute Gasteiger partial charge is 0.228 e. The average Bonchev–Trinajstić information content (AvgIpc) is 2.89. The van der Waals surface area contributed by atoms with Crippen molar-refractivity contribution < 1.29 is 4.39 Å². The van der Waals surface area contributed by atoms with Gasteiger partial charge in [-0.05, 0) is 12.1 Å². The number of aromatic nitrogens is 4. The summed E-state index contributed by atoms with van der Waals surface area (Å²) in [6.07, 6.45) is 1.40. The molecule has 0 spiro atoms. The second kappa shape index (κ2) is 4.37. The molecule has 0 amide bonds. The molecule has 0 aliphatic rings. The lowest BCUT2D eigenvalue weighted by molar-refractivity contribution is 0.587. The summed E-state index contributed by atoms with van der Waals surface area (Å²) in [7, 11) is 0. The molecule has 1 aromatic carbocycles. The molecule has 88 valence electrons. The molecule has 0 saturated carbocycles. The zero-order chi connectivity index (χ0) is 12.4. The second-order valence-electron chi connectivity index (χ2n) is 3.73. The van der Waals surface area contributed by atoms with E-state index in [4.69, 9.17) is 0 Å². The molecule has 0 saturated heterocycles. The highest BCUT2D eigenvalue weighted by Crippen LogP contribution is 2.28. The Hall–Kier alpha value is -2.56. The fourth-order valence-electron chi connectivity index (χ4n) is 1.78. The Balaban J connectivity index is 2.16. The van der Waals surface area contributed by atoms with Crippen LogP contribution in [0.2, 0.25) is 0 Å². The van der Waals surface area contributed by atoms with Crippen molar-refractivity contribution in [2.45, 2.75) is 0 Å². The lowest BCUT2D eigenvalue weighted by atomic mass is 10.1. The Labute approximate surface area is 103 Å². The topological polar surface area (TPSA) is 54.5 Å². The Bertz CT molecular complexity index is 664. The third-order valence-corrected chi connectivity index (χ3v) is 2.61. The number of H-pyrrole nitrogens is 1. The van der Waals surface area contributed by atoms with Crippen LogP contribution in [0.15, 0.2) is 48.7 Å². The summed E-state index contributed by atoms with van der Waals surface area (Å²) in [6.45, 7) is 0. The molecule has 5 heteroatoms. The van der Waals surface area contributed by atoms with E-state index in [2.05, 4.69) is 20.4 Å². The first-order valence-corrected chi connectivity index (χ1v) is 5.43. The van der Waals surface area contributed by atoms with Gasteiger partial charge in [0, 0.05) is 11.8 Å². The van der Waals surface area contributed by atoms with Gasteiger partial charge in [-0.25, -0.2) is 4.98 Å². The SMILES string of the molecule is Fc1ncccc1-c1n[nH]nc1-c1ccccc1. The van der Waals surface area contributed by atoms with Gasteiger partial charge in [0.05, 0.1) is 5.56 Å². The van der Waals surface area contributed by atoms with Gasteiger partial charge < -0.3 is 0 Å². The fraction of sp³-hybridized carbons (Fsp3) is 0. The minimum Gasteiger partial charge on any atom is -0.228 e. The zero-order valence-corrected chi connectivity index (χ0v) is 9.34. The molecule has 3 rings (SSSR count). The molecule has 0 fully saturated rings. The molecule has 0 radical (unpaired) electrons. The molecular formula is C13H9FN4. The Morgan fingerprint density at radius 1 is 0.889 bits per heavy atom. The van der Waals surface area contributed by atoms with Gasteiger partial charge in [0.15, 0.2) is 0 Å². The molecule has 0 atom stereocenters. The van der Waals surface area contributed by atoms with Crippen molar-refractivity contribution in [1.82, 2.24) is 20.4 Å². The van der Waals surface area contributed by atoms with Crippen molar-refractivity contribution >= 4 is 0 Å². The zero-order valence-electron chi connectivity index (χ0n) is 9.34. The van der Waals surface area contributed by atoms with Crippen LogP contribution in [0.4, 0.5) is 4.39 Å². The smallest absolute Gasteiger partial charge is 0.222 e. The first-order chi connectivity index (χ1) is 8.86. The van der Waals surface area contributed by atoms with Gasteiger partial charge in [-0.1, -0.05) is 30.3 Å². The van der Waals surface area contributed by atoms with E-state index in [0.717, 1.165) is 5.56 Å². The summed E-state index contributed by atoms with van der Waals surface area (Å²) < 4.78 is 13.7. The number of pyridine rings is 1. The quantitative estimate of drug-likeness (QED) is 0.700. The van der Waals surface area contributed by atoms with Crippen LogP contribution < -0.4 is 0 Å². The molecule has 2 aromatic heterocycles. The van der Waals surface area contributed by atoms with E-state index in [0.29, 0.717) is 17.0 Å². The Kier molecular flexibility index (Phi) is 2.57. The van der Waals surface area contributed by atoms with Crippen LogP contribution >= 0.6 is 0 Å². The fourth-order valence-corrected chi connectivity index (χ4v) is 1.78. The molecule has 18 heavy (non-hydrogen) atoms. The summed E-state index contributed by atoms with van der Waals surface area (Å²) in [4.78, 5) is 3.62. The van der Waals surface area contributed by atoms with Crippen LogP contribution in [0.3, 0.4) is 0 Å². The number of hydrogen-bond acceptors (Lipinski definition) is 3. The van der Waals surface area contributed by atoms with Crippen LogP contribution in [0, 0.1) is 5.95 Å². The molecule has 4 nitrogen and oxygen atoms in total.